The van der Waals surface area contributed by atoms with Crippen molar-refractivity contribution >= 4 is 0 Å². The fourth-order valence-corrected chi connectivity index (χ4v) is 2.17. The molecular formula is C11H12F3N. The summed E-state index contributed by atoms with van der Waals surface area (Å²) in [7, 11) is 0. The smallest absolute Gasteiger partial charge is 0.330 e. The lowest BCUT2D eigenvalue weighted by Gasteiger charge is -2.17. The van der Waals surface area contributed by atoms with Crippen molar-refractivity contribution in [2.45, 2.75) is 18.0 Å². The van der Waals surface area contributed by atoms with Gasteiger partial charge >= 0.3 is 6.18 Å². The molecule has 0 heterocycles. The zero-order valence-electron chi connectivity index (χ0n) is 8.09. The van der Waals surface area contributed by atoms with Crippen LogP contribution >= 0.6 is 0 Å². The second kappa shape index (κ2) is 3.23. The minimum absolute atomic E-state index is 0.0567. The fourth-order valence-electron chi connectivity index (χ4n) is 2.17. The van der Waals surface area contributed by atoms with Crippen molar-refractivity contribution in [1.29, 1.82) is 0 Å². The number of hydrogen-bond donors (Lipinski definition) is 1. The van der Waals surface area contributed by atoms with Crippen molar-refractivity contribution in [2.75, 3.05) is 6.54 Å². The quantitative estimate of drug-likeness (QED) is 0.805. The van der Waals surface area contributed by atoms with Crippen molar-refractivity contribution in [3.63, 3.8) is 0 Å². The number of benzene rings is 1. The highest BCUT2D eigenvalue weighted by atomic mass is 19.4. The van der Waals surface area contributed by atoms with Crippen molar-refractivity contribution < 1.29 is 13.2 Å². The Bertz CT molecular complexity index is 347. The maximum atomic E-state index is 12.6. The maximum Gasteiger partial charge on any atom is 0.392 e. The third-order valence-electron chi connectivity index (χ3n) is 3.18. The van der Waals surface area contributed by atoms with Gasteiger partial charge in [-0.2, -0.15) is 13.2 Å². The first-order valence-electron chi connectivity index (χ1n) is 4.83. The van der Waals surface area contributed by atoms with Crippen molar-refractivity contribution in [3.05, 3.63) is 35.9 Å². The topological polar surface area (TPSA) is 26.0 Å². The summed E-state index contributed by atoms with van der Waals surface area (Å²) in [4.78, 5) is 0. The Morgan fingerprint density at radius 3 is 2.27 bits per heavy atom. The molecule has 0 amide bonds. The summed E-state index contributed by atoms with van der Waals surface area (Å²) in [5.74, 6) is -1.27. The number of alkyl halides is 3. The molecular weight excluding hydrogens is 203 g/mol. The Balaban J connectivity index is 2.29. The molecule has 1 aliphatic rings. The second-order valence-corrected chi connectivity index (χ2v) is 4.02. The monoisotopic (exact) mass is 215 g/mol. The van der Waals surface area contributed by atoms with E-state index in [0.717, 1.165) is 0 Å². The molecule has 0 unspecified atom stereocenters. The molecule has 0 aromatic heterocycles. The Kier molecular flexibility index (Phi) is 2.26. The molecule has 0 spiro atoms. The minimum atomic E-state index is -4.13. The molecule has 1 aromatic rings. The van der Waals surface area contributed by atoms with Crippen LogP contribution in [0.5, 0.6) is 0 Å². The third kappa shape index (κ3) is 1.63. The Morgan fingerprint density at radius 1 is 1.27 bits per heavy atom. The van der Waals surface area contributed by atoms with Crippen LogP contribution in [-0.4, -0.2) is 12.7 Å². The standard InChI is InChI=1S/C11H12F3N/c12-11(13,14)9-6-10(9,7-15)8-4-2-1-3-5-8/h1-5,9H,6-7,15H2/t9-,10+/m1/s1. The molecule has 1 nitrogen and oxygen atoms in total. The largest absolute Gasteiger partial charge is 0.392 e. The van der Waals surface area contributed by atoms with E-state index >= 15 is 0 Å². The summed E-state index contributed by atoms with van der Waals surface area (Å²) in [6.45, 7) is 0.0567. The van der Waals surface area contributed by atoms with Gasteiger partial charge in [-0.3, -0.25) is 0 Å². The van der Waals surface area contributed by atoms with Gasteiger partial charge in [0.2, 0.25) is 0 Å². The molecule has 1 fully saturated rings. The second-order valence-electron chi connectivity index (χ2n) is 4.02. The molecule has 0 radical (unpaired) electrons. The van der Waals surface area contributed by atoms with E-state index in [-0.39, 0.29) is 13.0 Å². The van der Waals surface area contributed by atoms with Crippen molar-refractivity contribution in [3.8, 4) is 0 Å². The number of rotatable bonds is 2. The van der Waals surface area contributed by atoms with E-state index in [1.807, 2.05) is 0 Å². The average Bonchev–Trinajstić information content (AvgIpc) is 2.94. The molecule has 15 heavy (non-hydrogen) atoms. The van der Waals surface area contributed by atoms with Crippen LogP contribution < -0.4 is 5.73 Å². The third-order valence-corrected chi connectivity index (χ3v) is 3.18. The average molecular weight is 215 g/mol. The van der Waals surface area contributed by atoms with E-state index in [2.05, 4.69) is 0 Å². The summed E-state index contributed by atoms with van der Waals surface area (Å²) < 4.78 is 37.7. The molecule has 1 aromatic carbocycles. The zero-order valence-corrected chi connectivity index (χ0v) is 8.09. The first kappa shape index (κ1) is 10.5. The fraction of sp³-hybridized carbons (Fsp3) is 0.455. The lowest BCUT2D eigenvalue weighted by atomic mass is 9.93. The van der Waals surface area contributed by atoms with Gasteiger partial charge in [-0.15, -0.1) is 0 Å². The Hall–Kier alpha value is -1.03. The van der Waals surface area contributed by atoms with Gasteiger partial charge in [-0.25, -0.2) is 0 Å². The van der Waals surface area contributed by atoms with Crippen LogP contribution in [0.3, 0.4) is 0 Å². The normalized spacial score (nSPS) is 30.3. The molecule has 1 saturated carbocycles. The van der Waals surface area contributed by atoms with Crippen LogP contribution in [0, 0.1) is 5.92 Å². The van der Waals surface area contributed by atoms with Gasteiger partial charge in [0.15, 0.2) is 0 Å². The molecule has 82 valence electrons. The molecule has 1 aliphatic carbocycles. The van der Waals surface area contributed by atoms with Gasteiger partial charge in [0, 0.05) is 12.0 Å². The van der Waals surface area contributed by atoms with E-state index < -0.39 is 17.5 Å². The van der Waals surface area contributed by atoms with Gasteiger partial charge in [0.25, 0.3) is 0 Å². The highest BCUT2D eigenvalue weighted by Gasteiger charge is 2.66. The van der Waals surface area contributed by atoms with Crippen LogP contribution in [0.1, 0.15) is 12.0 Å². The van der Waals surface area contributed by atoms with Gasteiger partial charge < -0.3 is 5.73 Å². The Labute approximate surface area is 86.1 Å². The summed E-state index contributed by atoms with van der Waals surface area (Å²) >= 11 is 0. The molecule has 0 aliphatic heterocycles. The van der Waals surface area contributed by atoms with Gasteiger partial charge in [-0.1, -0.05) is 30.3 Å². The molecule has 0 saturated heterocycles. The van der Waals surface area contributed by atoms with Gasteiger partial charge in [0.05, 0.1) is 5.92 Å². The summed E-state index contributed by atoms with van der Waals surface area (Å²) in [5.41, 5.74) is 5.33. The van der Waals surface area contributed by atoms with E-state index in [1.54, 1.807) is 30.3 Å². The SMILES string of the molecule is NC[C@]1(c2ccccc2)C[C@H]1C(F)(F)F. The lowest BCUT2D eigenvalue weighted by molar-refractivity contribution is -0.152. The number of hydrogen-bond acceptors (Lipinski definition) is 1. The van der Waals surface area contributed by atoms with Crippen molar-refractivity contribution in [2.24, 2.45) is 11.7 Å². The van der Waals surface area contributed by atoms with Gasteiger partial charge in [-0.05, 0) is 12.0 Å². The number of halogens is 3. The van der Waals surface area contributed by atoms with Crippen LogP contribution in [0.2, 0.25) is 0 Å². The first-order chi connectivity index (χ1) is 7.00. The van der Waals surface area contributed by atoms with Crippen molar-refractivity contribution in [1.82, 2.24) is 0 Å². The van der Waals surface area contributed by atoms with Crippen LogP contribution in [0.15, 0.2) is 30.3 Å². The molecule has 4 heteroatoms. The summed E-state index contributed by atoms with van der Waals surface area (Å²) in [5, 5.41) is 0. The predicted molar refractivity (Wildman–Crippen MR) is 51.3 cm³/mol. The first-order valence-corrected chi connectivity index (χ1v) is 4.83. The minimum Gasteiger partial charge on any atom is -0.330 e. The maximum absolute atomic E-state index is 12.6. The predicted octanol–water partition coefficient (Wildman–Crippen LogP) is 2.47. The van der Waals surface area contributed by atoms with E-state index in [0.29, 0.717) is 5.56 Å². The molecule has 2 rings (SSSR count). The van der Waals surface area contributed by atoms with Crippen LogP contribution in [0.25, 0.3) is 0 Å². The number of nitrogens with two attached hydrogens (primary N) is 1. The lowest BCUT2D eigenvalue weighted by Crippen LogP contribution is -2.28. The van der Waals surface area contributed by atoms with E-state index in [1.165, 1.54) is 0 Å². The van der Waals surface area contributed by atoms with Crippen LogP contribution in [0.4, 0.5) is 13.2 Å². The molecule has 2 atom stereocenters. The Morgan fingerprint density at radius 2 is 1.87 bits per heavy atom. The van der Waals surface area contributed by atoms with Gasteiger partial charge in [0.1, 0.15) is 0 Å². The highest BCUT2D eigenvalue weighted by molar-refractivity contribution is 5.35. The summed E-state index contributed by atoms with van der Waals surface area (Å²) in [6, 6.07) is 8.73. The van der Waals surface area contributed by atoms with E-state index in [9.17, 15) is 13.2 Å². The molecule has 0 bridgehead atoms. The zero-order chi connectivity index (χ0) is 11.1. The highest BCUT2D eigenvalue weighted by Crippen LogP contribution is 2.60. The summed E-state index contributed by atoms with van der Waals surface area (Å²) in [6.07, 6.45) is -4.01. The van der Waals surface area contributed by atoms with E-state index in [4.69, 9.17) is 5.73 Å². The molecule has 2 N–H and O–H groups in total. The van der Waals surface area contributed by atoms with Crippen LogP contribution in [-0.2, 0) is 5.41 Å².